The quantitative estimate of drug-likeness (QED) is 0.408. The Bertz CT molecular complexity index is 723. The molecule has 0 amide bonds. The van der Waals surface area contributed by atoms with E-state index in [-0.39, 0.29) is 17.1 Å². The minimum atomic E-state index is -4.49. The SMILES string of the molecule is Cc1ccc(C(=O)ON=C(N)c2ccc(C(F)(F)F)cn2)cc1. The summed E-state index contributed by atoms with van der Waals surface area (Å²) in [5.74, 6) is -1.04. The van der Waals surface area contributed by atoms with Gasteiger partial charge in [0.2, 0.25) is 0 Å². The molecule has 120 valence electrons. The van der Waals surface area contributed by atoms with Crippen LogP contribution in [0.5, 0.6) is 0 Å². The lowest BCUT2D eigenvalue weighted by Gasteiger charge is -2.06. The number of halogens is 3. The summed E-state index contributed by atoms with van der Waals surface area (Å²) in [6.07, 6.45) is -3.87. The third-order valence-corrected chi connectivity index (χ3v) is 2.87. The second-order valence-electron chi connectivity index (χ2n) is 4.65. The Labute approximate surface area is 129 Å². The molecule has 1 heterocycles. The van der Waals surface area contributed by atoms with Gasteiger partial charge in [0.25, 0.3) is 0 Å². The normalized spacial score (nSPS) is 12.1. The number of nitrogens with zero attached hydrogens (tertiary/aromatic N) is 2. The second-order valence-corrected chi connectivity index (χ2v) is 4.65. The van der Waals surface area contributed by atoms with Crippen molar-refractivity contribution in [2.24, 2.45) is 10.9 Å². The summed E-state index contributed by atoms with van der Waals surface area (Å²) >= 11 is 0. The summed E-state index contributed by atoms with van der Waals surface area (Å²) in [7, 11) is 0. The predicted octanol–water partition coefficient (Wildman–Crippen LogP) is 2.89. The fraction of sp³-hybridized carbons (Fsp3) is 0.133. The standard InChI is InChI=1S/C15H12F3N3O2/c1-9-2-4-10(5-3-9)14(22)23-21-13(19)12-7-6-11(8-20-12)15(16,17)18/h2-8H,1H3,(H2,19,21). The highest BCUT2D eigenvalue weighted by atomic mass is 19.4. The first-order valence-corrected chi connectivity index (χ1v) is 6.42. The van der Waals surface area contributed by atoms with E-state index < -0.39 is 17.7 Å². The van der Waals surface area contributed by atoms with Gasteiger partial charge >= 0.3 is 12.1 Å². The lowest BCUT2D eigenvalue weighted by Crippen LogP contribution is -2.17. The molecule has 0 bridgehead atoms. The van der Waals surface area contributed by atoms with Crippen LogP contribution in [0.1, 0.15) is 27.2 Å². The Balaban J connectivity index is 2.07. The first kappa shape index (κ1) is 16.5. The minimum Gasteiger partial charge on any atom is -0.379 e. The number of amidine groups is 1. The van der Waals surface area contributed by atoms with Gasteiger partial charge in [-0.1, -0.05) is 22.9 Å². The molecule has 1 aromatic carbocycles. The highest BCUT2D eigenvalue weighted by Crippen LogP contribution is 2.28. The third kappa shape index (κ3) is 4.29. The maximum Gasteiger partial charge on any atom is 0.417 e. The zero-order valence-electron chi connectivity index (χ0n) is 12.0. The maximum absolute atomic E-state index is 12.4. The predicted molar refractivity (Wildman–Crippen MR) is 76.6 cm³/mol. The van der Waals surface area contributed by atoms with Crippen LogP contribution < -0.4 is 5.73 Å². The average Bonchev–Trinajstić information content (AvgIpc) is 2.52. The Morgan fingerprint density at radius 1 is 1.17 bits per heavy atom. The number of benzene rings is 1. The Morgan fingerprint density at radius 3 is 2.35 bits per heavy atom. The summed E-state index contributed by atoms with van der Waals surface area (Å²) in [6, 6.07) is 8.41. The van der Waals surface area contributed by atoms with Gasteiger partial charge in [0.05, 0.1) is 11.1 Å². The van der Waals surface area contributed by atoms with Gasteiger partial charge in [-0.15, -0.1) is 0 Å². The second kappa shape index (κ2) is 6.47. The molecule has 8 heteroatoms. The number of oxime groups is 1. The van der Waals surface area contributed by atoms with Gasteiger partial charge in [0, 0.05) is 6.20 Å². The summed E-state index contributed by atoms with van der Waals surface area (Å²) in [6.45, 7) is 1.86. The molecule has 2 aromatic rings. The van der Waals surface area contributed by atoms with Gasteiger partial charge in [-0.05, 0) is 31.2 Å². The van der Waals surface area contributed by atoms with E-state index in [1.807, 2.05) is 6.92 Å². The van der Waals surface area contributed by atoms with Crippen molar-refractivity contribution in [1.29, 1.82) is 0 Å². The van der Waals surface area contributed by atoms with Crippen molar-refractivity contribution in [3.63, 3.8) is 0 Å². The first-order chi connectivity index (χ1) is 10.8. The molecule has 0 spiro atoms. The Morgan fingerprint density at radius 2 is 1.83 bits per heavy atom. The molecule has 0 saturated heterocycles. The van der Waals surface area contributed by atoms with E-state index in [0.29, 0.717) is 6.20 Å². The Hall–Kier alpha value is -2.90. The largest absolute Gasteiger partial charge is 0.417 e. The van der Waals surface area contributed by atoms with Crippen molar-refractivity contribution in [3.8, 4) is 0 Å². The highest BCUT2D eigenvalue weighted by molar-refractivity contribution is 5.96. The number of nitrogens with two attached hydrogens (primary N) is 1. The van der Waals surface area contributed by atoms with Crippen LogP contribution in [0.15, 0.2) is 47.8 Å². The van der Waals surface area contributed by atoms with E-state index in [9.17, 15) is 18.0 Å². The highest BCUT2D eigenvalue weighted by Gasteiger charge is 2.30. The molecule has 0 radical (unpaired) electrons. The number of pyridine rings is 1. The van der Waals surface area contributed by atoms with Crippen LogP contribution in [0.2, 0.25) is 0 Å². The molecule has 0 saturated carbocycles. The monoisotopic (exact) mass is 323 g/mol. The van der Waals surface area contributed by atoms with E-state index in [4.69, 9.17) is 5.73 Å². The third-order valence-electron chi connectivity index (χ3n) is 2.87. The van der Waals surface area contributed by atoms with Gasteiger partial charge in [0.1, 0.15) is 5.69 Å². The summed E-state index contributed by atoms with van der Waals surface area (Å²) in [5.41, 5.74) is 5.83. The van der Waals surface area contributed by atoms with Crippen molar-refractivity contribution >= 4 is 11.8 Å². The summed E-state index contributed by atoms with van der Waals surface area (Å²) in [5, 5.41) is 3.39. The maximum atomic E-state index is 12.4. The number of hydrogen-bond acceptors (Lipinski definition) is 4. The number of alkyl halides is 3. The first-order valence-electron chi connectivity index (χ1n) is 6.42. The zero-order chi connectivity index (χ0) is 17.0. The Kier molecular flexibility index (Phi) is 4.63. The number of rotatable bonds is 3. The van der Waals surface area contributed by atoms with Crippen molar-refractivity contribution < 1.29 is 22.8 Å². The smallest absolute Gasteiger partial charge is 0.379 e. The van der Waals surface area contributed by atoms with Crippen molar-refractivity contribution in [2.75, 3.05) is 0 Å². The van der Waals surface area contributed by atoms with Crippen LogP contribution in [0.4, 0.5) is 13.2 Å². The molecule has 0 fully saturated rings. The molecular formula is C15H12F3N3O2. The topological polar surface area (TPSA) is 77.6 Å². The molecule has 23 heavy (non-hydrogen) atoms. The molecule has 5 nitrogen and oxygen atoms in total. The van der Waals surface area contributed by atoms with Gasteiger partial charge < -0.3 is 10.6 Å². The molecule has 2 N–H and O–H groups in total. The molecule has 0 aliphatic carbocycles. The molecule has 1 aromatic heterocycles. The number of aryl methyl sites for hydroxylation is 1. The van der Waals surface area contributed by atoms with Crippen LogP contribution in [0.25, 0.3) is 0 Å². The molecule has 0 aliphatic rings. The van der Waals surface area contributed by atoms with Crippen molar-refractivity contribution in [1.82, 2.24) is 4.98 Å². The average molecular weight is 323 g/mol. The van der Waals surface area contributed by atoms with Gasteiger partial charge in [-0.2, -0.15) is 13.2 Å². The minimum absolute atomic E-state index is 0.0327. The molecule has 0 unspecified atom stereocenters. The van der Waals surface area contributed by atoms with Crippen LogP contribution in [-0.4, -0.2) is 16.8 Å². The van der Waals surface area contributed by atoms with Gasteiger partial charge in [0.15, 0.2) is 5.84 Å². The fourth-order valence-corrected chi connectivity index (χ4v) is 1.59. The van der Waals surface area contributed by atoms with E-state index in [0.717, 1.165) is 17.7 Å². The number of hydrogen-bond donors (Lipinski definition) is 1. The van der Waals surface area contributed by atoms with Gasteiger partial charge in [-0.3, -0.25) is 4.98 Å². The molecule has 0 aliphatic heterocycles. The van der Waals surface area contributed by atoms with Crippen LogP contribution in [0.3, 0.4) is 0 Å². The van der Waals surface area contributed by atoms with Crippen molar-refractivity contribution in [2.45, 2.75) is 13.1 Å². The lowest BCUT2D eigenvalue weighted by atomic mass is 10.2. The molecular weight excluding hydrogens is 311 g/mol. The lowest BCUT2D eigenvalue weighted by molar-refractivity contribution is -0.137. The zero-order valence-corrected chi connectivity index (χ0v) is 12.0. The fourth-order valence-electron chi connectivity index (χ4n) is 1.59. The van der Waals surface area contributed by atoms with Crippen LogP contribution in [-0.2, 0) is 11.0 Å². The van der Waals surface area contributed by atoms with E-state index in [1.54, 1.807) is 24.3 Å². The van der Waals surface area contributed by atoms with E-state index >= 15 is 0 Å². The van der Waals surface area contributed by atoms with Gasteiger partial charge in [-0.25, -0.2) is 4.79 Å². The van der Waals surface area contributed by atoms with Crippen molar-refractivity contribution in [3.05, 3.63) is 65.0 Å². The number of carbonyl (C=O) groups excluding carboxylic acids is 1. The van der Waals surface area contributed by atoms with E-state index in [2.05, 4.69) is 15.0 Å². The number of aromatic nitrogens is 1. The van der Waals surface area contributed by atoms with E-state index in [1.165, 1.54) is 0 Å². The van der Waals surface area contributed by atoms with Crippen LogP contribution in [0, 0.1) is 6.92 Å². The molecule has 0 atom stereocenters. The van der Waals surface area contributed by atoms with Crippen LogP contribution >= 0.6 is 0 Å². The summed E-state index contributed by atoms with van der Waals surface area (Å²) in [4.78, 5) is 19.9. The molecule has 2 rings (SSSR count). The number of carbonyl (C=O) groups is 1. The summed E-state index contributed by atoms with van der Waals surface area (Å²) < 4.78 is 37.3.